The third-order valence-corrected chi connectivity index (χ3v) is 8.81. The highest BCUT2D eigenvalue weighted by atomic mass is 35.5. The Balaban J connectivity index is 0.000000227. The third kappa shape index (κ3) is 7.83. The summed E-state index contributed by atoms with van der Waals surface area (Å²) < 4.78 is 21.9. The number of aromatic nitrogens is 4. The molecule has 2 aromatic carbocycles. The molecule has 0 aliphatic carbocycles. The largest absolute Gasteiger partial charge is 0.493 e. The summed E-state index contributed by atoms with van der Waals surface area (Å²) >= 11 is 14.3. The van der Waals surface area contributed by atoms with E-state index in [1.165, 1.54) is 25.3 Å². The molecule has 260 valence electrons. The van der Waals surface area contributed by atoms with Crippen LogP contribution in [0.2, 0.25) is 0 Å². The van der Waals surface area contributed by atoms with Gasteiger partial charge in [-0.2, -0.15) is 0 Å². The summed E-state index contributed by atoms with van der Waals surface area (Å²) in [6.45, 7) is 14.9. The number of rotatable bonds is 3. The molecule has 2 aromatic heterocycles. The van der Waals surface area contributed by atoms with Gasteiger partial charge in [0, 0.05) is 38.4 Å². The molecule has 10 nitrogen and oxygen atoms in total. The molecule has 0 radical (unpaired) electrons. The van der Waals surface area contributed by atoms with Crippen molar-refractivity contribution in [2.24, 2.45) is 0 Å². The van der Waals surface area contributed by atoms with E-state index in [0.29, 0.717) is 36.6 Å². The first-order valence-electron chi connectivity index (χ1n) is 15.2. The molecular weight excluding hydrogens is 695 g/mol. The second-order valence-electron chi connectivity index (χ2n) is 11.7. The smallest absolute Gasteiger partial charge is 0.358 e. The van der Waals surface area contributed by atoms with E-state index in [2.05, 4.69) is 41.2 Å². The second-order valence-corrected chi connectivity index (χ2v) is 13.0. The Morgan fingerprint density at radius 2 is 1.04 bits per heavy atom. The van der Waals surface area contributed by atoms with E-state index in [0.717, 1.165) is 52.8 Å². The molecule has 0 spiro atoms. The van der Waals surface area contributed by atoms with E-state index in [4.69, 9.17) is 33.3 Å². The van der Waals surface area contributed by atoms with Crippen LogP contribution in [0.1, 0.15) is 46.2 Å². The van der Waals surface area contributed by atoms with Gasteiger partial charge in [0.2, 0.25) is 11.8 Å². The van der Waals surface area contributed by atoms with Crippen LogP contribution in [0.5, 0.6) is 11.8 Å². The number of fused-ring (bicyclic) bond motifs is 2. The fourth-order valence-corrected chi connectivity index (χ4v) is 6.67. The van der Waals surface area contributed by atoms with Crippen LogP contribution in [0.15, 0.2) is 33.9 Å². The number of thiocarbonyl (C=S) groups is 2. The Hall–Kier alpha value is -3.58. The first-order valence-corrected chi connectivity index (χ1v) is 16.4. The Labute approximate surface area is 302 Å². The van der Waals surface area contributed by atoms with Crippen LogP contribution in [0, 0.1) is 41.5 Å². The number of nitrogens with zero attached hydrogens (tertiary/aromatic N) is 4. The lowest BCUT2D eigenvalue weighted by molar-refractivity contribution is 0.301. The highest BCUT2D eigenvalue weighted by Gasteiger charge is 2.29. The SMILES string of the molecule is COC(=S)Cl.COC(=S)Oc1c(-c2c(C)cc(C)cc2C)c(=O)n2n1CCC2.Cc1cc(C)c(-c2c(O)n3n(c2=O)CCC3)c(C)c1.Cl. The molecule has 1 N–H and O–H groups in total. The lowest BCUT2D eigenvalue weighted by Crippen LogP contribution is -2.17. The van der Waals surface area contributed by atoms with Crippen molar-refractivity contribution < 1.29 is 19.3 Å². The minimum absolute atomic E-state index is 0. The zero-order valence-electron chi connectivity index (χ0n) is 28.4. The molecule has 0 saturated carbocycles. The minimum atomic E-state index is -0.0787. The standard InChI is InChI=1S/C17H20N2O3S.C15H18N2O2.C2H3ClOS.ClH/c1-10-8-11(2)13(12(3)9-10)14-15(20)18-6-5-7-19(18)16(14)22-17(23)21-4;1-9-7-10(2)12(11(3)8-9)13-14(18)16-5-4-6-17(16)15(13)19;1-4-2(3)5;/h8-9H,5-7H2,1-4H3;7-8,18H,4-6H2,1-3H3;1H3;1H. The molecule has 0 amide bonds. The number of aromatic hydroxyl groups is 1. The summed E-state index contributed by atoms with van der Waals surface area (Å²) in [6, 6.07) is 8.25. The molecule has 4 heterocycles. The number of hydrogen-bond donors (Lipinski definition) is 1. The zero-order chi connectivity index (χ0) is 34.7. The molecule has 48 heavy (non-hydrogen) atoms. The fourth-order valence-electron chi connectivity index (χ4n) is 6.59. The summed E-state index contributed by atoms with van der Waals surface area (Å²) in [5, 5.41) is 10.4. The van der Waals surface area contributed by atoms with Gasteiger partial charge in [-0.3, -0.25) is 19.0 Å². The Morgan fingerprint density at radius 3 is 1.46 bits per heavy atom. The second kappa shape index (κ2) is 16.2. The van der Waals surface area contributed by atoms with Gasteiger partial charge in [0.05, 0.1) is 14.2 Å². The van der Waals surface area contributed by atoms with Gasteiger partial charge in [0.25, 0.3) is 15.6 Å². The van der Waals surface area contributed by atoms with Crippen molar-refractivity contribution in [3.05, 3.63) is 78.4 Å². The number of benzene rings is 2. The van der Waals surface area contributed by atoms with Crippen LogP contribution in [0.25, 0.3) is 22.3 Å². The van der Waals surface area contributed by atoms with Crippen LogP contribution in [0.4, 0.5) is 0 Å². The fraction of sp³-hybridized carbons (Fsp3) is 0.412. The van der Waals surface area contributed by atoms with Crippen molar-refractivity contribution in [2.75, 3.05) is 14.2 Å². The van der Waals surface area contributed by atoms with Crippen molar-refractivity contribution in [1.29, 1.82) is 0 Å². The topological polar surface area (TPSA) is 102 Å². The van der Waals surface area contributed by atoms with Gasteiger partial charge in [-0.05, 0) is 112 Å². The van der Waals surface area contributed by atoms with Crippen molar-refractivity contribution in [1.82, 2.24) is 18.7 Å². The molecular formula is C34H42Cl2N4O6S2. The Kier molecular flexibility index (Phi) is 13.1. The summed E-state index contributed by atoms with van der Waals surface area (Å²) in [7, 11) is 2.89. The molecule has 2 aliphatic rings. The molecule has 0 fully saturated rings. The average Bonchev–Trinajstić information content (AvgIpc) is 3.77. The summed E-state index contributed by atoms with van der Waals surface area (Å²) in [5.74, 6) is 0.590. The first kappa shape index (κ1) is 38.9. The minimum Gasteiger partial charge on any atom is -0.493 e. The Bertz CT molecular complexity index is 1930. The average molecular weight is 738 g/mol. The number of hydrogen-bond acceptors (Lipinski definition) is 8. The first-order chi connectivity index (χ1) is 22.2. The number of aryl methyl sites for hydroxylation is 6. The summed E-state index contributed by atoms with van der Waals surface area (Å²) in [4.78, 5) is 25.4. The van der Waals surface area contributed by atoms with E-state index in [-0.39, 0.29) is 39.2 Å². The highest BCUT2D eigenvalue weighted by molar-refractivity contribution is 7.82. The van der Waals surface area contributed by atoms with Gasteiger partial charge in [0.15, 0.2) is 0 Å². The summed E-state index contributed by atoms with van der Waals surface area (Å²) in [6.07, 6.45) is 1.83. The van der Waals surface area contributed by atoms with Crippen molar-refractivity contribution >= 4 is 58.2 Å². The molecule has 0 unspecified atom stereocenters. The van der Waals surface area contributed by atoms with Crippen LogP contribution in [0.3, 0.4) is 0 Å². The molecule has 2 aliphatic heterocycles. The predicted molar refractivity (Wildman–Crippen MR) is 201 cm³/mol. The number of halogens is 2. The molecule has 0 bridgehead atoms. The monoisotopic (exact) mass is 736 g/mol. The van der Waals surface area contributed by atoms with Crippen molar-refractivity contribution in [2.45, 2.75) is 80.6 Å². The quantitative estimate of drug-likeness (QED) is 0.179. The van der Waals surface area contributed by atoms with Gasteiger partial charge in [-0.15, -0.1) is 12.4 Å². The molecule has 14 heteroatoms. The van der Waals surface area contributed by atoms with Crippen LogP contribution >= 0.6 is 48.4 Å². The van der Waals surface area contributed by atoms with E-state index in [1.54, 1.807) is 14.0 Å². The molecule has 6 rings (SSSR count). The third-order valence-electron chi connectivity index (χ3n) is 8.24. The van der Waals surface area contributed by atoms with Gasteiger partial charge in [0.1, 0.15) is 11.1 Å². The summed E-state index contributed by atoms with van der Waals surface area (Å²) in [5.41, 5.74) is 9.23. The number of methoxy groups -OCH3 is 2. The molecule has 0 saturated heterocycles. The molecule has 4 aromatic rings. The predicted octanol–water partition coefficient (Wildman–Crippen LogP) is 6.89. The maximum Gasteiger partial charge on any atom is 0.358 e. The molecule has 0 atom stereocenters. The van der Waals surface area contributed by atoms with Crippen molar-refractivity contribution in [3.8, 4) is 34.0 Å². The van der Waals surface area contributed by atoms with E-state index < -0.39 is 0 Å². The lowest BCUT2D eigenvalue weighted by Gasteiger charge is -2.13. The highest BCUT2D eigenvalue weighted by Crippen LogP contribution is 2.36. The Morgan fingerprint density at radius 1 is 0.667 bits per heavy atom. The van der Waals surface area contributed by atoms with Crippen LogP contribution < -0.4 is 15.9 Å². The van der Waals surface area contributed by atoms with Gasteiger partial charge in [-0.1, -0.05) is 35.4 Å². The zero-order valence-corrected chi connectivity index (χ0v) is 31.6. The normalized spacial score (nSPS) is 12.4. The van der Waals surface area contributed by atoms with E-state index >= 15 is 0 Å². The van der Waals surface area contributed by atoms with Gasteiger partial charge >= 0.3 is 5.24 Å². The maximum atomic E-state index is 12.9. The maximum absolute atomic E-state index is 12.9. The lowest BCUT2D eigenvalue weighted by atomic mass is 9.95. The van der Waals surface area contributed by atoms with Gasteiger partial charge in [-0.25, -0.2) is 9.36 Å². The van der Waals surface area contributed by atoms with Crippen LogP contribution in [-0.2, 0) is 35.7 Å². The van der Waals surface area contributed by atoms with Crippen LogP contribution in [-0.4, -0.2) is 47.8 Å². The number of ether oxygens (including phenoxy) is 3. The van der Waals surface area contributed by atoms with E-state index in [1.807, 2.05) is 46.2 Å². The van der Waals surface area contributed by atoms with E-state index in [9.17, 15) is 14.7 Å². The van der Waals surface area contributed by atoms with Gasteiger partial charge < -0.3 is 19.3 Å². The van der Waals surface area contributed by atoms with Crippen molar-refractivity contribution in [3.63, 3.8) is 0 Å².